The van der Waals surface area contributed by atoms with Crippen LogP contribution in [0.1, 0.15) is 79.8 Å². The summed E-state index contributed by atoms with van der Waals surface area (Å²) in [6.07, 6.45) is 10.8. The maximum absolute atomic E-state index is 14.9. The monoisotopic (exact) mass is 502 g/mol. The van der Waals surface area contributed by atoms with E-state index in [2.05, 4.69) is 12.2 Å². The largest absolute Gasteiger partial charge is 0.459 e. The van der Waals surface area contributed by atoms with Gasteiger partial charge in [0, 0.05) is 5.56 Å². The fourth-order valence-electron chi connectivity index (χ4n) is 5.23. The lowest BCUT2D eigenvalue weighted by atomic mass is 9.84. The minimum Gasteiger partial charge on any atom is -0.459 e. The fourth-order valence-corrected chi connectivity index (χ4v) is 5.23. The van der Waals surface area contributed by atoms with Crippen molar-refractivity contribution >= 4 is 5.97 Å². The zero-order valence-electron chi connectivity index (χ0n) is 21.8. The molecule has 2 nitrogen and oxygen atoms in total. The van der Waals surface area contributed by atoms with Gasteiger partial charge in [-0.15, -0.1) is 0 Å². The van der Waals surface area contributed by atoms with E-state index in [1.54, 1.807) is 24.3 Å². The number of esters is 1. The van der Waals surface area contributed by atoms with Gasteiger partial charge in [-0.2, -0.15) is 0 Å². The lowest BCUT2D eigenvalue weighted by Gasteiger charge is -2.28. The highest BCUT2D eigenvalue weighted by Crippen LogP contribution is 2.31. The predicted octanol–water partition coefficient (Wildman–Crippen LogP) is 9.05. The lowest BCUT2D eigenvalue weighted by molar-refractivity contribution is 0.0162. The van der Waals surface area contributed by atoms with Crippen molar-refractivity contribution in [1.29, 1.82) is 0 Å². The third-order valence-corrected chi connectivity index (χ3v) is 7.52. The summed E-state index contributed by atoms with van der Waals surface area (Å²) in [5, 5.41) is 0. The van der Waals surface area contributed by atoms with Crippen LogP contribution < -0.4 is 0 Å². The van der Waals surface area contributed by atoms with Crippen LogP contribution in [0.5, 0.6) is 0 Å². The third kappa shape index (κ3) is 7.15. The molecule has 0 amide bonds. The fraction of sp³-hybridized carbons (Fsp3) is 0.364. The molecule has 4 heteroatoms. The SMILES string of the molecule is CC=CCCC1CCC(OC(=O)c2ccc(-c3cc(F)c(C[C@@H](C)c4ccccc4)c(F)c3)cc2)CC1. The second kappa shape index (κ2) is 12.8. The van der Waals surface area contributed by atoms with E-state index in [0.29, 0.717) is 22.6 Å². The normalized spacial score (nSPS) is 18.6. The Bertz CT molecular complexity index is 1170. The van der Waals surface area contributed by atoms with Crippen LogP contribution in [-0.2, 0) is 11.2 Å². The standard InChI is InChI=1S/C33H36F2O2/c1-3-4-6-9-24-12-18-29(19-13-24)37-33(36)27-16-14-26(15-17-27)28-21-31(34)30(32(35)22-28)20-23(2)25-10-7-5-8-11-25/h3-5,7-8,10-11,14-17,21-24,29H,6,9,12-13,18-20H2,1-2H3/t23-,24?,29?/m1/s1. The number of hydrogen-bond donors (Lipinski definition) is 0. The van der Waals surface area contributed by atoms with Gasteiger partial charge in [0.15, 0.2) is 0 Å². The van der Waals surface area contributed by atoms with E-state index in [-0.39, 0.29) is 30.0 Å². The maximum atomic E-state index is 14.9. The van der Waals surface area contributed by atoms with Crippen LogP contribution in [-0.4, -0.2) is 12.1 Å². The summed E-state index contributed by atoms with van der Waals surface area (Å²) in [6.45, 7) is 4.01. The second-order valence-electron chi connectivity index (χ2n) is 10.2. The number of allylic oxidation sites excluding steroid dienone is 2. The van der Waals surface area contributed by atoms with Gasteiger partial charge < -0.3 is 4.74 Å². The molecular weight excluding hydrogens is 466 g/mol. The van der Waals surface area contributed by atoms with Gasteiger partial charge in [-0.05, 0) is 105 Å². The van der Waals surface area contributed by atoms with Gasteiger partial charge in [-0.1, -0.05) is 61.5 Å². The van der Waals surface area contributed by atoms with Crippen LogP contribution in [0.25, 0.3) is 11.1 Å². The number of hydrogen-bond acceptors (Lipinski definition) is 2. The van der Waals surface area contributed by atoms with Crippen LogP contribution in [0.4, 0.5) is 8.78 Å². The van der Waals surface area contributed by atoms with E-state index >= 15 is 0 Å². The number of carbonyl (C=O) groups is 1. The Kier molecular flexibility index (Phi) is 9.27. The number of halogens is 2. The molecule has 0 radical (unpaired) electrons. The molecule has 0 bridgehead atoms. The highest BCUT2D eigenvalue weighted by atomic mass is 19.1. The maximum Gasteiger partial charge on any atom is 0.338 e. The Hall–Kier alpha value is -3.27. The number of ether oxygens (including phenoxy) is 1. The topological polar surface area (TPSA) is 26.3 Å². The first-order chi connectivity index (χ1) is 17.9. The molecule has 0 heterocycles. The van der Waals surface area contributed by atoms with Crippen molar-refractivity contribution in [2.75, 3.05) is 0 Å². The number of benzene rings is 3. The molecule has 0 saturated heterocycles. The summed E-state index contributed by atoms with van der Waals surface area (Å²) in [4.78, 5) is 12.7. The molecule has 3 aromatic rings. The Morgan fingerprint density at radius 3 is 2.22 bits per heavy atom. The summed E-state index contributed by atoms with van der Waals surface area (Å²) >= 11 is 0. The van der Waals surface area contributed by atoms with Crippen LogP contribution >= 0.6 is 0 Å². The molecule has 4 rings (SSSR count). The van der Waals surface area contributed by atoms with E-state index < -0.39 is 11.6 Å². The summed E-state index contributed by atoms with van der Waals surface area (Å²) < 4.78 is 35.6. The Morgan fingerprint density at radius 1 is 0.946 bits per heavy atom. The molecule has 1 aliphatic rings. The van der Waals surface area contributed by atoms with Crippen LogP contribution in [0, 0.1) is 17.6 Å². The van der Waals surface area contributed by atoms with Gasteiger partial charge in [-0.3, -0.25) is 0 Å². The smallest absolute Gasteiger partial charge is 0.338 e. The zero-order chi connectivity index (χ0) is 26.2. The van der Waals surface area contributed by atoms with E-state index in [4.69, 9.17) is 4.74 Å². The molecule has 0 aliphatic heterocycles. The van der Waals surface area contributed by atoms with Gasteiger partial charge >= 0.3 is 5.97 Å². The average molecular weight is 503 g/mol. The van der Waals surface area contributed by atoms with E-state index in [1.165, 1.54) is 18.6 Å². The zero-order valence-corrected chi connectivity index (χ0v) is 21.8. The van der Waals surface area contributed by atoms with E-state index in [0.717, 1.165) is 37.7 Å². The van der Waals surface area contributed by atoms with Gasteiger partial charge in [0.2, 0.25) is 0 Å². The minimum absolute atomic E-state index is 0.00499. The average Bonchev–Trinajstić information content (AvgIpc) is 2.92. The summed E-state index contributed by atoms with van der Waals surface area (Å²) in [6, 6.07) is 19.2. The molecule has 37 heavy (non-hydrogen) atoms. The highest BCUT2D eigenvalue weighted by Gasteiger charge is 2.24. The highest BCUT2D eigenvalue weighted by molar-refractivity contribution is 5.90. The molecule has 3 aromatic carbocycles. The molecule has 194 valence electrons. The van der Waals surface area contributed by atoms with Crippen molar-refractivity contribution in [3.8, 4) is 11.1 Å². The molecule has 1 aliphatic carbocycles. The van der Waals surface area contributed by atoms with Gasteiger partial charge in [0.25, 0.3) is 0 Å². The van der Waals surface area contributed by atoms with Crippen molar-refractivity contribution in [2.24, 2.45) is 5.92 Å². The van der Waals surface area contributed by atoms with Gasteiger partial charge in [0.1, 0.15) is 17.7 Å². The molecule has 0 unspecified atom stereocenters. The van der Waals surface area contributed by atoms with Crippen molar-refractivity contribution < 1.29 is 18.3 Å². The first kappa shape index (κ1) is 26.8. The van der Waals surface area contributed by atoms with Gasteiger partial charge in [0.05, 0.1) is 5.56 Å². The van der Waals surface area contributed by atoms with Crippen molar-refractivity contribution in [1.82, 2.24) is 0 Å². The van der Waals surface area contributed by atoms with E-state index in [9.17, 15) is 13.6 Å². The Morgan fingerprint density at radius 2 is 1.59 bits per heavy atom. The molecule has 0 N–H and O–H groups in total. The van der Waals surface area contributed by atoms with E-state index in [1.807, 2.05) is 44.2 Å². The quantitative estimate of drug-likeness (QED) is 0.215. The lowest BCUT2D eigenvalue weighted by Crippen LogP contribution is -2.24. The van der Waals surface area contributed by atoms with Gasteiger partial charge in [-0.25, -0.2) is 13.6 Å². The predicted molar refractivity (Wildman–Crippen MR) is 146 cm³/mol. The first-order valence-corrected chi connectivity index (χ1v) is 13.4. The van der Waals surface area contributed by atoms with Crippen LogP contribution in [0.2, 0.25) is 0 Å². The number of carbonyl (C=O) groups excluding carboxylic acids is 1. The summed E-state index contributed by atoms with van der Waals surface area (Å²) in [5.74, 6) is -0.745. The van der Waals surface area contributed by atoms with Crippen molar-refractivity contribution in [3.05, 3.63) is 107 Å². The Labute approximate surface area is 219 Å². The molecular formula is C33H36F2O2. The molecule has 1 atom stereocenters. The van der Waals surface area contributed by atoms with Crippen LogP contribution in [0.3, 0.4) is 0 Å². The molecule has 0 aromatic heterocycles. The summed E-state index contributed by atoms with van der Waals surface area (Å²) in [5.41, 5.74) is 2.69. The first-order valence-electron chi connectivity index (χ1n) is 13.4. The molecule has 1 fully saturated rings. The second-order valence-corrected chi connectivity index (χ2v) is 10.2. The number of rotatable bonds is 9. The summed E-state index contributed by atoms with van der Waals surface area (Å²) in [7, 11) is 0. The molecule has 1 saturated carbocycles. The van der Waals surface area contributed by atoms with Crippen LogP contribution in [0.15, 0.2) is 78.9 Å². The van der Waals surface area contributed by atoms with Crippen molar-refractivity contribution in [2.45, 2.75) is 70.8 Å². The Balaban J connectivity index is 1.35. The minimum atomic E-state index is -0.553. The van der Waals surface area contributed by atoms with Crippen molar-refractivity contribution in [3.63, 3.8) is 0 Å². The molecule has 0 spiro atoms. The third-order valence-electron chi connectivity index (χ3n) is 7.52.